The molecule has 0 unspecified atom stereocenters. The van der Waals surface area contributed by atoms with Crippen molar-refractivity contribution in [1.82, 2.24) is 0 Å². The minimum absolute atomic E-state index is 0.277. The zero-order chi connectivity index (χ0) is 14.0. The minimum atomic E-state index is 0.277. The lowest BCUT2D eigenvalue weighted by Crippen LogP contribution is -2.33. The van der Waals surface area contributed by atoms with Gasteiger partial charge < -0.3 is 4.74 Å². The SMILES string of the molecule is CC.COc1ccc2c(c1)C(C)(C)CCC2(C)C. The van der Waals surface area contributed by atoms with E-state index in [0.29, 0.717) is 5.41 Å². The summed E-state index contributed by atoms with van der Waals surface area (Å²) in [6, 6.07) is 6.55. The Hall–Kier alpha value is -0.980. The molecule has 0 bridgehead atoms. The summed E-state index contributed by atoms with van der Waals surface area (Å²) in [6.07, 6.45) is 2.51. The molecular formula is C17H28O. The van der Waals surface area contributed by atoms with Gasteiger partial charge >= 0.3 is 0 Å². The van der Waals surface area contributed by atoms with Gasteiger partial charge in [-0.2, -0.15) is 0 Å². The van der Waals surface area contributed by atoms with Crippen molar-refractivity contribution in [1.29, 1.82) is 0 Å². The van der Waals surface area contributed by atoms with Crippen LogP contribution in [0.5, 0.6) is 5.75 Å². The number of fused-ring (bicyclic) bond motifs is 1. The van der Waals surface area contributed by atoms with E-state index in [-0.39, 0.29) is 5.41 Å². The molecule has 0 aliphatic heterocycles. The van der Waals surface area contributed by atoms with Crippen LogP contribution in [-0.4, -0.2) is 7.11 Å². The average Bonchev–Trinajstić information content (AvgIpc) is 2.37. The minimum Gasteiger partial charge on any atom is -0.497 e. The van der Waals surface area contributed by atoms with E-state index in [1.165, 1.54) is 24.0 Å². The van der Waals surface area contributed by atoms with Crippen LogP contribution < -0.4 is 4.74 Å². The van der Waals surface area contributed by atoms with Gasteiger partial charge in [0.25, 0.3) is 0 Å². The van der Waals surface area contributed by atoms with Gasteiger partial charge in [0, 0.05) is 0 Å². The van der Waals surface area contributed by atoms with E-state index in [9.17, 15) is 0 Å². The van der Waals surface area contributed by atoms with Gasteiger partial charge in [-0.05, 0) is 46.9 Å². The predicted molar refractivity (Wildman–Crippen MR) is 79.6 cm³/mol. The zero-order valence-corrected chi connectivity index (χ0v) is 13.1. The Bertz CT molecular complexity index is 402. The molecule has 0 fully saturated rings. The lowest BCUT2D eigenvalue weighted by Gasteiger charge is -2.41. The first kappa shape index (κ1) is 15.1. The van der Waals surface area contributed by atoms with Crippen molar-refractivity contribution in [2.24, 2.45) is 0 Å². The molecule has 0 amide bonds. The molecule has 0 heterocycles. The Morgan fingerprint density at radius 3 is 1.89 bits per heavy atom. The maximum atomic E-state index is 5.34. The second-order valence-corrected chi connectivity index (χ2v) is 6.18. The van der Waals surface area contributed by atoms with Gasteiger partial charge in [0.15, 0.2) is 0 Å². The quantitative estimate of drug-likeness (QED) is 0.674. The lowest BCUT2D eigenvalue weighted by atomic mass is 9.63. The van der Waals surface area contributed by atoms with E-state index in [0.717, 1.165) is 5.75 Å². The average molecular weight is 248 g/mol. The molecule has 18 heavy (non-hydrogen) atoms. The fourth-order valence-electron chi connectivity index (χ4n) is 2.69. The van der Waals surface area contributed by atoms with Gasteiger partial charge in [-0.1, -0.05) is 47.6 Å². The third-order valence-electron chi connectivity index (χ3n) is 4.06. The topological polar surface area (TPSA) is 9.23 Å². The molecule has 0 radical (unpaired) electrons. The molecule has 0 atom stereocenters. The first-order valence-corrected chi connectivity index (χ1v) is 7.06. The molecule has 1 aromatic carbocycles. The maximum absolute atomic E-state index is 5.34. The third kappa shape index (κ3) is 2.71. The van der Waals surface area contributed by atoms with Crippen LogP contribution in [0.3, 0.4) is 0 Å². The molecule has 1 aliphatic carbocycles. The van der Waals surface area contributed by atoms with Crippen LogP contribution in [0.2, 0.25) is 0 Å². The number of benzene rings is 1. The lowest BCUT2D eigenvalue weighted by molar-refractivity contribution is 0.328. The van der Waals surface area contributed by atoms with E-state index < -0.39 is 0 Å². The Kier molecular flexibility index (Phi) is 4.47. The zero-order valence-electron chi connectivity index (χ0n) is 13.1. The standard InChI is InChI=1S/C15H22O.C2H6/c1-14(2)8-9-15(3,4)13-10-11(16-5)6-7-12(13)14;1-2/h6-7,10H,8-9H2,1-5H3;1-2H3. The molecule has 1 aromatic rings. The van der Waals surface area contributed by atoms with Gasteiger partial charge in [-0.15, -0.1) is 0 Å². The fraction of sp³-hybridized carbons (Fsp3) is 0.647. The van der Waals surface area contributed by atoms with Gasteiger partial charge in [-0.3, -0.25) is 0 Å². The summed E-state index contributed by atoms with van der Waals surface area (Å²) in [7, 11) is 1.74. The second-order valence-electron chi connectivity index (χ2n) is 6.18. The van der Waals surface area contributed by atoms with E-state index in [4.69, 9.17) is 4.74 Å². The molecule has 0 spiro atoms. The highest BCUT2D eigenvalue weighted by Gasteiger charge is 2.36. The molecule has 0 saturated heterocycles. The van der Waals surface area contributed by atoms with Crippen molar-refractivity contribution in [2.45, 2.75) is 65.2 Å². The van der Waals surface area contributed by atoms with E-state index in [1.807, 2.05) is 13.8 Å². The summed E-state index contributed by atoms with van der Waals surface area (Å²) in [5.41, 5.74) is 3.53. The smallest absolute Gasteiger partial charge is 0.119 e. The Morgan fingerprint density at radius 1 is 0.889 bits per heavy atom. The van der Waals surface area contributed by atoms with Crippen LogP contribution in [0, 0.1) is 0 Å². The van der Waals surface area contributed by atoms with E-state index in [1.54, 1.807) is 7.11 Å². The summed E-state index contributed by atoms with van der Waals surface area (Å²) >= 11 is 0. The molecule has 0 N–H and O–H groups in total. The number of rotatable bonds is 1. The number of ether oxygens (including phenoxy) is 1. The molecule has 0 aromatic heterocycles. The summed E-state index contributed by atoms with van der Waals surface area (Å²) in [6.45, 7) is 13.3. The van der Waals surface area contributed by atoms with Crippen molar-refractivity contribution < 1.29 is 4.74 Å². The van der Waals surface area contributed by atoms with Crippen LogP contribution in [0.4, 0.5) is 0 Å². The van der Waals surface area contributed by atoms with Gasteiger partial charge in [0.1, 0.15) is 5.75 Å². The first-order chi connectivity index (χ1) is 8.37. The number of hydrogen-bond acceptors (Lipinski definition) is 1. The van der Waals surface area contributed by atoms with Gasteiger partial charge in [0.2, 0.25) is 0 Å². The van der Waals surface area contributed by atoms with Crippen molar-refractivity contribution in [3.63, 3.8) is 0 Å². The van der Waals surface area contributed by atoms with Gasteiger partial charge in [-0.25, -0.2) is 0 Å². The van der Waals surface area contributed by atoms with Crippen molar-refractivity contribution >= 4 is 0 Å². The van der Waals surface area contributed by atoms with Crippen LogP contribution in [0.25, 0.3) is 0 Å². The third-order valence-corrected chi connectivity index (χ3v) is 4.06. The Balaban J connectivity index is 0.000000771. The van der Waals surface area contributed by atoms with Gasteiger partial charge in [0.05, 0.1) is 7.11 Å². The Labute approximate surface area is 113 Å². The second kappa shape index (κ2) is 5.34. The highest BCUT2D eigenvalue weighted by molar-refractivity contribution is 5.45. The molecule has 1 heteroatoms. The largest absolute Gasteiger partial charge is 0.497 e. The van der Waals surface area contributed by atoms with E-state index in [2.05, 4.69) is 45.9 Å². The molecule has 102 valence electrons. The fourth-order valence-corrected chi connectivity index (χ4v) is 2.69. The van der Waals surface area contributed by atoms with Crippen molar-refractivity contribution in [3.05, 3.63) is 29.3 Å². The summed E-state index contributed by atoms with van der Waals surface area (Å²) in [5.74, 6) is 0.976. The predicted octanol–water partition coefficient (Wildman–Crippen LogP) is 5.07. The monoisotopic (exact) mass is 248 g/mol. The molecule has 1 nitrogen and oxygen atoms in total. The van der Waals surface area contributed by atoms with Crippen LogP contribution in [0.1, 0.15) is 65.5 Å². The van der Waals surface area contributed by atoms with Crippen molar-refractivity contribution in [3.8, 4) is 5.75 Å². The normalized spacial score (nSPS) is 19.3. The van der Waals surface area contributed by atoms with Crippen LogP contribution in [-0.2, 0) is 10.8 Å². The molecular weight excluding hydrogens is 220 g/mol. The van der Waals surface area contributed by atoms with Crippen molar-refractivity contribution in [2.75, 3.05) is 7.11 Å². The van der Waals surface area contributed by atoms with Crippen LogP contribution >= 0.6 is 0 Å². The molecule has 1 aliphatic rings. The summed E-state index contributed by atoms with van der Waals surface area (Å²) < 4.78 is 5.34. The highest BCUT2D eigenvalue weighted by atomic mass is 16.5. The number of hydrogen-bond donors (Lipinski definition) is 0. The van der Waals surface area contributed by atoms with Crippen LogP contribution in [0.15, 0.2) is 18.2 Å². The Morgan fingerprint density at radius 2 is 1.39 bits per heavy atom. The summed E-state index contributed by atoms with van der Waals surface area (Å²) in [5, 5.41) is 0. The molecule has 0 saturated carbocycles. The summed E-state index contributed by atoms with van der Waals surface area (Å²) in [4.78, 5) is 0. The highest BCUT2D eigenvalue weighted by Crippen LogP contribution is 2.46. The first-order valence-electron chi connectivity index (χ1n) is 7.06. The van der Waals surface area contributed by atoms with E-state index >= 15 is 0 Å². The molecule has 2 rings (SSSR count). The maximum Gasteiger partial charge on any atom is 0.119 e. The number of methoxy groups -OCH3 is 1.